The molecule has 0 radical (unpaired) electrons. The van der Waals surface area contributed by atoms with Gasteiger partial charge in [-0.1, -0.05) is 47.1 Å². The highest BCUT2D eigenvalue weighted by molar-refractivity contribution is 7.99. The van der Waals surface area contributed by atoms with E-state index >= 15 is 0 Å². The molecular weight excluding hydrogens is 476 g/mol. The molecule has 0 spiro atoms. The summed E-state index contributed by atoms with van der Waals surface area (Å²) in [5, 5.41) is 15.1. The fourth-order valence-electron chi connectivity index (χ4n) is 2.91. The normalized spacial score (nSPS) is 11.8. The van der Waals surface area contributed by atoms with Gasteiger partial charge >= 0.3 is 0 Å². The van der Waals surface area contributed by atoms with E-state index in [0.29, 0.717) is 33.3 Å². The lowest BCUT2D eigenvalue weighted by Crippen LogP contribution is -2.29. The van der Waals surface area contributed by atoms with Crippen molar-refractivity contribution in [1.82, 2.24) is 20.1 Å². The van der Waals surface area contributed by atoms with Crippen LogP contribution in [-0.2, 0) is 11.3 Å². The van der Waals surface area contributed by atoms with Crippen molar-refractivity contribution in [2.24, 2.45) is 0 Å². The van der Waals surface area contributed by atoms with Crippen LogP contribution >= 0.6 is 35.0 Å². The second-order valence-corrected chi connectivity index (χ2v) is 8.48. The predicted octanol–water partition coefficient (Wildman–Crippen LogP) is 4.97. The highest BCUT2D eigenvalue weighted by atomic mass is 35.5. The van der Waals surface area contributed by atoms with Crippen LogP contribution in [0.5, 0.6) is 0 Å². The van der Waals surface area contributed by atoms with Crippen LogP contribution < -0.4 is 10.6 Å². The summed E-state index contributed by atoms with van der Waals surface area (Å²) >= 11 is 13.1. The van der Waals surface area contributed by atoms with E-state index in [1.54, 1.807) is 35.8 Å². The molecule has 0 saturated heterocycles. The summed E-state index contributed by atoms with van der Waals surface area (Å²) in [6.07, 6.45) is 0. The Kier molecular flexibility index (Phi) is 8.11. The standard InChI is InChI=1S/C21H20Cl2FN5O2S/c1-3-29-19(12(2)25-20(31)14-6-4-5-7-17(14)24)27-28-21(29)32-11-18(30)26-13-8-9-15(22)16(23)10-13/h4-10,12H,3,11H2,1-2H3,(H,25,31)(H,26,30)/t12-/m0/s1. The van der Waals surface area contributed by atoms with Gasteiger partial charge in [0.15, 0.2) is 11.0 Å². The molecule has 0 unspecified atom stereocenters. The van der Waals surface area contributed by atoms with Gasteiger partial charge in [0.25, 0.3) is 5.91 Å². The SMILES string of the molecule is CCn1c(SCC(=O)Nc2ccc(Cl)c(Cl)c2)nnc1[C@H](C)NC(=O)c1ccccc1F. The summed E-state index contributed by atoms with van der Waals surface area (Å²) in [5.74, 6) is -0.796. The molecule has 0 bridgehead atoms. The highest BCUT2D eigenvalue weighted by Gasteiger charge is 2.21. The van der Waals surface area contributed by atoms with Crippen LogP contribution in [0, 0.1) is 5.82 Å². The zero-order valence-electron chi connectivity index (χ0n) is 17.2. The van der Waals surface area contributed by atoms with Crippen LogP contribution in [0.2, 0.25) is 10.0 Å². The number of rotatable bonds is 8. The number of hydrogen-bond donors (Lipinski definition) is 2. The van der Waals surface area contributed by atoms with E-state index in [9.17, 15) is 14.0 Å². The van der Waals surface area contributed by atoms with Crippen LogP contribution in [0.3, 0.4) is 0 Å². The number of anilines is 1. The number of benzene rings is 2. The molecule has 1 heterocycles. The fraction of sp³-hybridized carbons (Fsp3) is 0.238. The van der Waals surface area contributed by atoms with E-state index in [0.717, 1.165) is 0 Å². The molecule has 2 N–H and O–H groups in total. The van der Waals surface area contributed by atoms with Gasteiger partial charge in [-0.25, -0.2) is 4.39 Å². The molecule has 3 rings (SSSR count). The average Bonchev–Trinajstić information content (AvgIpc) is 3.18. The molecule has 32 heavy (non-hydrogen) atoms. The Bertz CT molecular complexity index is 1140. The zero-order chi connectivity index (χ0) is 23.3. The Morgan fingerprint density at radius 2 is 1.91 bits per heavy atom. The van der Waals surface area contributed by atoms with Gasteiger partial charge in [-0.15, -0.1) is 10.2 Å². The molecule has 0 saturated carbocycles. The monoisotopic (exact) mass is 495 g/mol. The van der Waals surface area contributed by atoms with E-state index in [1.165, 1.54) is 30.0 Å². The van der Waals surface area contributed by atoms with Crippen molar-refractivity contribution in [2.45, 2.75) is 31.6 Å². The van der Waals surface area contributed by atoms with Gasteiger partial charge in [0.1, 0.15) is 5.82 Å². The Morgan fingerprint density at radius 1 is 1.16 bits per heavy atom. The van der Waals surface area contributed by atoms with Gasteiger partial charge < -0.3 is 15.2 Å². The molecular formula is C21H20Cl2FN5O2S. The first-order valence-electron chi connectivity index (χ1n) is 9.66. The second-order valence-electron chi connectivity index (χ2n) is 6.73. The van der Waals surface area contributed by atoms with Crippen LogP contribution in [-0.4, -0.2) is 32.3 Å². The van der Waals surface area contributed by atoms with E-state index in [-0.39, 0.29) is 17.2 Å². The first kappa shape index (κ1) is 24.0. The summed E-state index contributed by atoms with van der Waals surface area (Å²) in [6.45, 7) is 4.16. The van der Waals surface area contributed by atoms with E-state index in [1.807, 2.05) is 6.92 Å². The molecule has 1 atom stereocenters. The van der Waals surface area contributed by atoms with Crippen molar-refractivity contribution in [3.05, 3.63) is 69.7 Å². The first-order valence-corrected chi connectivity index (χ1v) is 11.4. The summed E-state index contributed by atoms with van der Waals surface area (Å²) in [4.78, 5) is 24.7. The summed E-state index contributed by atoms with van der Waals surface area (Å²) in [7, 11) is 0. The zero-order valence-corrected chi connectivity index (χ0v) is 19.6. The first-order chi connectivity index (χ1) is 15.3. The van der Waals surface area contributed by atoms with Gasteiger partial charge in [0.2, 0.25) is 5.91 Å². The van der Waals surface area contributed by atoms with Gasteiger partial charge in [0, 0.05) is 12.2 Å². The molecule has 0 aliphatic heterocycles. The van der Waals surface area contributed by atoms with Crippen molar-refractivity contribution in [3.8, 4) is 0 Å². The van der Waals surface area contributed by atoms with E-state index < -0.39 is 17.8 Å². The molecule has 7 nitrogen and oxygen atoms in total. The number of carbonyl (C=O) groups is 2. The molecule has 2 aromatic carbocycles. The molecule has 0 fully saturated rings. The van der Waals surface area contributed by atoms with Gasteiger partial charge in [-0.2, -0.15) is 0 Å². The second kappa shape index (κ2) is 10.8. The molecule has 0 aliphatic carbocycles. The number of carbonyl (C=O) groups excluding carboxylic acids is 2. The summed E-state index contributed by atoms with van der Waals surface area (Å²) in [5.41, 5.74) is 0.489. The smallest absolute Gasteiger partial charge is 0.254 e. The van der Waals surface area contributed by atoms with Crippen molar-refractivity contribution < 1.29 is 14.0 Å². The molecule has 0 aliphatic rings. The summed E-state index contributed by atoms with van der Waals surface area (Å²) in [6, 6.07) is 10.1. The quantitative estimate of drug-likeness (QED) is 0.430. The topological polar surface area (TPSA) is 88.9 Å². The van der Waals surface area contributed by atoms with Crippen LogP contribution in [0.4, 0.5) is 10.1 Å². The number of thioether (sulfide) groups is 1. The number of halogens is 3. The minimum Gasteiger partial charge on any atom is -0.342 e. The third kappa shape index (κ3) is 5.79. The lowest BCUT2D eigenvalue weighted by molar-refractivity contribution is -0.113. The van der Waals surface area contributed by atoms with Crippen molar-refractivity contribution in [3.63, 3.8) is 0 Å². The minimum absolute atomic E-state index is 0.0458. The molecule has 11 heteroatoms. The molecule has 1 aromatic heterocycles. The molecule has 3 aromatic rings. The van der Waals surface area contributed by atoms with Gasteiger partial charge in [0.05, 0.1) is 27.4 Å². The Morgan fingerprint density at radius 3 is 2.59 bits per heavy atom. The number of hydrogen-bond acceptors (Lipinski definition) is 5. The number of amides is 2. The Hall–Kier alpha value is -2.62. The maximum Gasteiger partial charge on any atom is 0.254 e. The lowest BCUT2D eigenvalue weighted by Gasteiger charge is -2.15. The van der Waals surface area contributed by atoms with Crippen LogP contribution in [0.1, 0.15) is 36.1 Å². The third-order valence-electron chi connectivity index (χ3n) is 4.45. The van der Waals surface area contributed by atoms with Crippen molar-refractivity contribution >= 4 is 52.5 Å². The molecule has 2 amide bonds. The number of nitrogens with one attached hydrogen (secondary N) is 2. The van der Waals surface area contributed by atoms with E-state index in [2.05, 4.69) is 20.8 Å². The maximum atomic E-state index is 13.9. The average molecular weight is 496 g/mol. The fourth-order valence-corrected chi connectivity index (χ4v) is 4.02. The maximum absolute atomic E-state index is 13.9. The molecule has 168 valence electrons. The highest BCUT2D eigenvalue weighted by Crippen LogP contribution is 2.26. The Labute approximate surface area is 198 Å². The van der Waals surface area contributed by atoms with Crippen molar-refractivity contribution in [2.75, 3.05) is 11.1 Å². The number of aromatic nitrogens is 3. The van der Waals surface area contributed by atoms with Crippen LogP contribution in [0.15, 0.2) is 47.6 Å². The van der Waals surface area contributed by atoms with Gasteiger partial charge in [-0.05, 0) is 44.2 Å². The predicted molar refractivity (Wildman–Crippen MR) is 124 cm³/mol. The van der Waals surface area contributed by atoms with E-state index in [4.69, 9.17) is 23.2 Å². The lowest BCUT2D eigenvalue weighted by atomic mass is 10.2. The summed E-state index contributed by atoms with van der Waals surface area (Å²) < 4.78 is 15.7. The van der Waals surface area contributed by atoms with Gasteiger partial charge in [-0.3, -0.25) is 9.59 Å². The van der Waals surface area contributed by atoms with Crippen molar-refractivity contribution in [1.29, 1.82) is 0 Å². The Balaban J connectivity index is 1.63. The number of nitrogens with zero attached hydrogens (tertiary/aromatic N) is 3. The third-order valence-corrected chi connectivity index (χ3v) is 6.16. The largest absolute Gasteiger partial charge is 0.342 e. The van der Waals surface area contributed by atoms with Crippen LogP contribution in [0.25, 0.3) is 0 Å². The minimum atomic E-state index is -0.599.